The largest absolute Gasteiger partial charge is 0.380 e. The molecule has 2 aromatic rings. The number of nitro benzene ring substituents is 1. The lowest BCUT2D eigenvalue weighted by Crippen LogP contribution is -2.02. The highest BCUT2D eigenvalue weighted by Gasteiger charge is 2.10. The van der Waals surface area contributed by atoms with E-state index in [4.69, 9.17) is 0 Å². The quantitative estimate of drug-likeness (QED) is 0.670. The van der Waals surface area contributed by atoms with Crippen LogP contribution in [0.2, 0.25) is 0 Å². The van der Waals surface area contributed by atoms with Crippen molar-refractivity contribution < 1.29 is 4.92 Å². The summed E-state index contributed by atoms with van der Waals surface area (Å²) in [5.41, 5.74) is 3.07. The van der Waals surface area contributed by atoms with Crippen LogP contribution >= 0.6 is 15.9 Å². The molecule has 0 saturated carbocycles. The van der Waals surface area contributed by atoms with E-state index in [0.29, 0.717) is 11.0 Å². The van der Waals surface area contributed by atoms with E-state index in [9.17, 15) is 10.1 Å². The molecule has 0 saturated heterocycles. The van der Waals surface area contributed by atoms with E-state index in [2.05, 4.69) is 33.3 Å². The number of nitrogens with zero attached hydrogens (tertiary/aromatic N) is 3. The van der Waals surface area contributed by atoms with Gasteiger partial charge in [-0.2, -0.15) is 5.10 Å². The van der Waals surface area contributed by atoms with Gasteiger partial charge in [-0.3, -0.25) is 14.8 Å². The Bertz CT molecular complexity index is 639. The zero-order valence-electron chi connectivity index (χ0n) is 11.3. The lowest BCUT2D eigenvalue weighted by Gasteiger charge is -2.08. The van der Waals surface area contributed by atoms with Crippen LogP contribution in [0.4, 0.5) is 11.4 Å². The van der Waals surface area contributed by atoms with Crippen LogP contribution in [0.15, 0.2) is 28.9 Å². The van der Waals surface area contributed by atoms with E-state index in [1.807, 2.05) is 13.2 Å². The molecule has 1 aromatic heterocycles. The SMILES string of the molecule is CCc1nn(C)cc1CNc1ccc([N+](=O)[O-])cc1Br. The molecule has 1 heterocycles. The van der Waals surface area contributed by atoms with Crippen molar-refractivity contribution in [3.63, 3.8) is 0 Å². The Morgan fingerprint density at radius 3 is 2.85 bits per heavy atom. The van der Waals surface area contributed by atoms with Crippen molar-refractivity contribution in [3.8, 4) is 0 Å². The number of rotatable bonds is 5. The summed E-state index contributed by atoms with van der Waals surface area (Å²) in [6.45, 7) is 2.70. The van der Waals surface area contributed by atoms with Crippen molar-refractivity contribution in [3.05, 3.63) is 50.2 Å². The number of nitrogens with one attached hydrogen (secondary N) is 1. The molecule has 0 spiro atoms. The summed E-state index contributed by atoms with van der Waals surface area (Å²) in [6, 6.07) is 4.67. The minimum Gasteiger partial charge on any atom is -0.380 e. The molecule has 0 aliphatic heterocycles. The number of nitro groups is 1. The fourth-order valence-corrected chi connectivity index (χ4v) is 2.49. The van der Waals surface area contributed by atoms with E-state index in [1.165, 1.54) is 12.1 Å². The summed E-state index contributed by atoms with van der Waals surface area (Å²) in [6.07, 6.45) is 2.85. The number of hydrogen-bond acceptors (Lipinski definition) is 4. The molecule has 6 nitrogen and oxygen atoms in total. The highest BCUT2D eigenvalue weighted by Crippen LogP contribution is 2.27. The molecule has 106 valence electrons. The molecular formula is C13H15BrN4O2. The molecule has 0 fully saturated rings. The number of non-ortho nitro benzene ring substituents is 1. The number of aryl methyl sites for hydroxylation is 2. The maximum absolute atomic E-state index is 10.7. The monoisotopic (exact) mass is 338 g/mol. The van der Waals surface area contributed by atoms with Gasteiger partial charge in [-0.15, -0.1) is 0 Å². The third-order valence-corrected chi connectivity index (χ3v) is 3.62. The van der Waals surface area contributed by atoms with Crippen LogP contribution in [0.5, 0.6) is 0 Å². The number of benzene rings is 1. The van der Waals surface area contributed by atoms with Crippen molar-refractivity contribution in [1.29, 1.82) is 0 Å². The average Bonchev–Trinajstić information content (AvgIpc) is 2.77. The zero-order valence-corrected chi connectivity index (χ0v) is 12.8. The van der Waals surface area contributed by atoms with Crippen LogP contribution < -0.4 is 5.32 Å². The molecule has 0 radical (unpaired) electrons. The van der Waals surface area contributed by atoms with E-state index in [-0.39, 0.29) is 5.69 Å². The molecule has 0 unspecified atom stereocenters. The third kappa shape index (κ3) is 3.16. The molecule has 0 atom stereocenters. The van der Waals surface area contributed by atoms with Crippen molar-refractivity contribution in [1.82, 2.24) is 9.78 Å². The molecule has 20 heavy (non-hydrogen) atoms. The number of hydrogen-bond donors (Lipinski definition) is 1. The van der Waals surface area contributed by atoms with Gasteiger partial charge < -0.3 is 5.32 Å². The minimum atomic E-state index is -0.412. The summed E-state index contributed by atoms with van der Waals surface area (Å²) in [5, 5.41) is 18.3. The zero-order chi connectivity index (χ0) is 14.7. The Labute approximate surface area is 125 Å². The number of anilines is 1. The Hall–Kier alpha value is -1.89. The Morgan fingerprint density at radius 1 is 1.50 bits per heavy atom. The first-order valence-corrected chi connectivity index (χ1v) is 6.99. The second-order valence-electron chi connectivity index (χ2n) is 4.40. The maximum Gasteiger partial charge on any atom is 0.270 e. The van der Waals surface area contributed by atoms with E-state index < -0.39 is 4.92 Å². The number of halogens is 1. The van der Waals surface area contributed by atoms with Crippen LogP contribution in [0.25, 0.3) is 0 Å². The van der Waals surface area contributed by atoms with Gasteiger partial charge in [0, 0.05) is 47.6 Å². The first-order chi connectivity index (χ1) is 9.51. The normalized spacial score (nSPS) is 10.6. The summed E-state index contributed by atoms with van der Waals surface area (Å²) in [4.78, 5) is 10.3. The lowest BCUT2D eigenvalue weighted by molar-refractivity contribution is -0.384. The average molecular weight is 339 g/mol. The highest BCUT2D eigenvalue weighted by molar-refractivity contribution is 9.10. The predicted molar refractivity (Wildman–Crippen MR) is 80.7 cm³/mol. The van der Waals surface area contributed by atoms with E-state index in [1.54, 1.807) is 10.7 Å². The van der Waals surface area contributed by atoms with Crippen LogP contribution in [0.3, 0.4) is 0 Å². The molecular weight excluding hydrogens is 324 g/mol. The summed E-state index contributed by atoms with van der Waals surface area (Å²) in [7, 11) is 1.89. The van der Waals surface area contributed by atoms with Gasteiger partial charge in [-0.1, -0.05) is 6.92 Å². The van der Waals surface area contributed by atoms with Crippen LogP contribution in [0.1, 0.15) is 18.2 Å². The second kappa shape index (κ2) is 6.04. The first-order valence-electron chi connectivity index (χ1n) is 6.20. The number of aromatic nitrogens is 2. The summed E-state index contributed by atoms with van der Waals surface area (Å²) in [5.74, 6) is 0. The van der Waals surface area contributed by atoms with E-state index >= 15 is 0 Å². The van der Waals surface area contributed by atoms with Crippen molar-refractivity contribution in [2.75, 3.05) is 5.32 Å². The third-order valence-electron chi connectivity index (χ3n) is 2.96. The Balaban J connectivity index is 2.12. The van der Waals surface area contributed by atoms with Gasteiger partial charge in [0.25, 0.3) is 5.69 Å². The van der Waals surface area contributed by atoms with Gasteiger partial charge >= 0.3 is 0 Å². The molecule has 0 aliphatic carbocycles. The molecule has 1 N–H and O–H groups in total. The topological polar surface area (TPSA) is 73.0 Å². The van der Waals surface area contributed by atoms with Gasteiger partial charge in [0.1, 0.15) is 0 Å². The minimum absolute atomic E-state index is 0.0676. The molecule has 0 bridgehead atoms. The van der Waals surface area contributed by atoms with Gasteiger partial charge in [0.05, 0.1) is 10.6 Å². The summed E-state index contributed by atoms with van der Waals surface area (Å²) >= 11 is 3.34. The molecule has 0 aliphatic rings. The molecule has 0 amide bonds. The maximum atomic E-state index is 10.7. The first kappa shape index (κ1) is 14.5. The van der Waals surface area contributed by atoms with Crippen molar-refractivity contribution >= 4 is 27.3 Å². The smallest absolute Gasteiger partial charge is 0.270 e. The lowest BCUT2D eigenvalue weighted by atomic mass is 10.2. The van der Waals surface area contributed by atoms with Gasteiger partial charge in [0.2, 0.25) is 0 Å². The summed E-state index contributed by atoms with van der Waals surface area (Å²) < 4.78 is 2.47. The van der Waals surface area contributed by atoms with Crippen LogP contribution in [-0.4, -0.2) is 14.7 Å². The van der Waals surface area contributed by atoms with Gasteiger partial charge in [-0.25, -0.2) is 0 Å². The predicted octanol–water partition coefficient (Wildman–Crippen LogP) is 3.27. The Morgan fingerprint density at radius 2 is 2.25 bits per heavy atom. The van der Waals surface area contributed by atoms with E-state index in [0.717, 1.165) is 23.4 Å². The van der Waals surface area contributed by atoms with Gasteiger partial charge in [0.15, 0.2) is 0 Å². The standard InChI is InChI=1S/C13H15BrN4O2/c1-3-12-9(8-17(2)16-12)7-15-13-5-4-10(18(19)20)6-11(13)14/h4-6,8,15H,3,7H2,1-2H3. The highest BCUT2D eigenvalue weighted by atomic mass is 79.9. The van der Waals surface area contributed by atoms with Crippen LogP contribution in [0, 0.1) is 10.1 Å². The van der Waals surface area contributed by atoms with Crippen molar-refractivity contribution in [2.24, 2.45) is 7.05 Å². The van der Waals surface area contributed by atoms with Crippen molar-refractivity contribution in [2.45, 2.75) is 19.9 Å². The molecule has 1 aromatic carbocycles. The van der Waals surface area contributed by atoms with Crippen LogP contribution in [-0.2, 0) is 20.0 Å². The molecule has 7 heteroatoms. The van der Waals surface area contributed by atoms with Gasteiger partial charge in [-0.05, 0) is 28.4 Å². The fourth-order valence-electron chi connectivity index (χ4n) is 1.98. The second-order valence-corrected chi connectivity index (χ2v) is 5.26. The fraction of sp³-hybridized carbons (Fsp3) is 0.308. The molecule has 2 rings (SSSR count). The Kier molecular flexibility index (Phi) is 4.39.